The average molecular weight is 272 g/mol. The molecule has 1 aromatic heterocycles. The van der Waals surface area contributed by atoms with Gasteiger partial charge < -0.3 is 10.4 Å². The number of aromatic nitrogens is 1. The predicted octanol–water partition coefficient (Wildman–Crippen LogP) is 3.78. The molecule has 4 heteroatoms. The van der Waals surface area contributed by atoms with Crippen molar-refractivity contribution in [2.24, 2.45) is 5.92 Å². The maximum atomic E-state index is 11.4. The van der Waals surface area contributed by atoms with Crippen molar-refractivity contribution in [3.05, 3.63) is 35.9 Å². The van der Waals surface area contributed by atoms with Crippen molar-refractivity contribution in [2.45, 2.75) is 33.2 Å². The fraction of sp³-hybridized carbons (Fsp3) is 0.375. The number of carboxylic acid groups (broad SMARTS) is 1. The number of pyridine rings is 1. The first-order chi connectivity index (χ1) is 9.52. The van der Waals surface area contributed by atoms with Crippen molar-refractivity contribution in [1.82, 2.24) is 4.98 Å². The zero-order chi connectivity index (χ0) is 14.7. The van der Waals surface area contributed by atoms with Gasteiger partial charge in [-0.1, -0.05) is 39.0 Å². The Balaban J connectivity index is 2.47. The summed E-state index contributed by atoms with van der Waals surface area (Å²) in [5, 5.41) is 13.4. The molecule has 1 unspecified atom stereocenters. The maximum absolute atomic E-state index is 11.4. The Bertz CT molecular complexity index is 623. The first kappa shape index (κ1) is 14.3. The molecule has 0 saturated carbocycles. The van der Waals surface area contributed by atoms with E-state index in [4.69, 9.17) is 0 Å². The van der Waals surface area contributed by atoms with Crippen LogP contribution in [0.1, 0.15) is 37.6 Å². The monoisotopic (exact) mass is 272 g/mol. The second-order valence-electron chi connectivity index (χ2n) is 5.28. The Kier molecular flexibility index (Phi) is 4.23. The van der Waals surface area contributed by atoms with E-state index < -0.39 is 5.97 Å². The zero-order valence-electron chi connectivity index (χ0n) is 12.1. The largest absolute Gasteiger partial charge is 0.478 e. The molecule has 1 aromatic carbocycles. The van der Waals surface area contributed by atoms with Gasteiger partial charge >= 0.3 is 5.97 Å². The summed E-state index contributed by atoms with van der Waals surface area (Å²) in [4.78, 5) is 15.9. The number of aromatic carboxylic acids is 1. The SMILES string of the molecule is CCC(Nc1cc(C(=O)O)c2ccccc2n1)C(C)C. The second-order valence-corrected chi connectivity index (χ2v) is 5.28. The molecule has 106 valence electrons. The van der Waals surface area contributed by atoms with Gasteiger partial charge in [0.25, 0.3) is 0 Å². The highest BCUT2D eigenvalue weighted by atomic mass is 16.4. The molecule has 2 N–H and O–H groups in total. The summed E-state index contributed by atoms with van der Waals surface area (Å²) >= 11 is 0. The van der Waals surface area contributed by atoms with Crippen LogP contribution in [-0.4, -0.2) is 22.1 Å². The Morgan fingerprint density at radius 3 is 2.65 bits per heavy atom. The molecule has 0 radical (unpaired) electrons. The summed E-state index contributed by atoms with van der Waals surface area (Å²) in [5.41, 5.74) is 0.991. The number of para-hydroxylation sites is 1. The van der Waals surface area contributed by atoms with Crippen molar-refractivity contribution < 1.29 is 9.90 Å². The Labute approximate surface area is 118 Å². The van der Waals surface area contributed by atoms with E-state index in [2.05, 4.69) is 31.1 Å². The minimum Gasteiger partial charge on any atom is -0.478 e. The van der Waals surface area contributed by atoms with Crippen LogP contribution in [-0.2, 0) is 0 Å². The molecule has 0 aliphatic heterocycles. The number of nitrogens with zero attached hydrogens (tertiary/aromatic N) is 1. The number of carbonyl (C=O) groups is 1. The number of fused-ring (bicyclic) bond motifs is 1. The third-order valence-electron chi connectivity index (χ3n) is 3.52. The number of carboxylic acids is 1. The van der Waals surface area contributed by atoms with Crippen LogP contribution in [0.5, 0.6) is 0 Å². The zero-order valence-corrected chi connectivity index (χ0v) is 12.1. The van der Waals surface area contributed by atoms with Gasteiger partial charge in [0.1, 0.15) is 5.82 Å². The van der Waals surface area contributed by atoms with Crippen molar-refractivity contribution >= 4 is 22.7 Å². The lowest BCUT2D eigenvalue weighted by Gasteiger charge is -2.21. The summed E-state index contributed by atoms with van der Waals surface area (Å²) in [6.07, 6.45) is 0.967. The number of hydrogen-bond donors (Lipinski definition) is 2. The lowest BCUT2D eigenvalue weighted by molar-refractivity contribution is 0.0699. The Morgan fingerprint density at radius 2 is 2.05 bits per heavy atom. The van der Waals surface area contributed by atoms with Gasteiger partial charge in [0, 0.05) is 11.4 Å². The van der Waals surface area contributed by atoms with Crippen molar-refractivity contribution in [3.8, 4) is 0 Å². The third kappa shape index (κ3) is 2.90. The summed E-state index contributed by atoms with van der Waals surface area (Å²) in [6.45, 7) is 6.39. The summed E-state index contributed by atoms with van der Waals surface area (Å²) in [6, 6.07) is 9.22. The van der Waals surface area contributed by atoms with E-state index in [1.807, 2.05) is 18.2 Å². The fourth-order valence-corrected chi connectivity index (χ4v) is 2.36. The van der Waals surface area contributed by atoms with Gasteiger partial charge in [-0.15, -0.1) is 0 Å². The van der Waals surface area contributed by atoms with Crippen LogP contribution in [0, 0.1) is 5.92 Å². The van der Waals surface area contributed by atoms with Gasteiger partial charge in [0.15, 0.2) is 0 Å². The Hall–Kier alpha value is -2.10. The molecule has 0 saturated heterocycles. The number of hydrogen-bond acceptors (Lipinski definition) is 3. The minimum atomic E-state index is -0.927. The molecule has 0 spiro atoms. The van der Waals surface area contributed by atoms with Crippen LogP contribution in [0.25, 0.3) is 10.9 Å². The van der Waals surface area contributed by atoms with Crippen LogP contribution in [0.15, 0.2) is 30.3 Å². The van der Waals surface area contributed by atoms with E-state index in [1.54, 1.807) is 12.1 Å². The predicted molar refractivity (Wildman–Crippen MR) is 81.2 cm³/mol. The highest BCUT2D eigenvalue weighted by Gasteiger charge is 2.15. The Morgan fingerprint density at radius 1 is 1.35 bits per heavy atom. The van der Waals surface area contributed by atoms with E-state index in [9.17, 15) is 9.90 Å². The van der Waals surface area contributed by atoms with Gasteiger partial charge in [-0.2, -0.15) is 0 Å². The lowest BCUT2D eigenvalue weighted by atomic mass is 10.0. The molecule has 0 aliphatic carbocycles. The second kappa shape index (κ2) is 5.90. The van der Waals surface area contributed by atoms with Crippen LogP contribution in [0.3, 0.4) is 0 Å². The van der Waals surface area contributed by atoms with Crippen LogP contribution < -0.4 is 5.32 Å². The smallest absolute Gasteiger partial charge is 0.336 e. The lowest BCUT2D eigenvalue weighted by Crippen LogP contribution is -2.25. The first-order valence-corrected chi connectivity index (χ1v) is 6.92. The molecule has 1 heterocycles. The van der Waals surface area contributed by atoms with Gasteiger partial charge in [-0.3, -0.25) is 0 Å². The standard InChI is InChI=1S/C16H20N2O2/c1-4-13(10(2)3)17-15-9-12(16(19)20)11-7-5-6-8-14(11)18-15/h5-10,13H,4H2,1-3H3,(H,17,18)(H,19,20). The van der Waals surface area contributed by atoms with Crippen LogP contribution in [0.2, 0.25) is 0 Å². The van der Waals surface area contributed by atoms with Crippen molar-refractivity contribution in [3.63, 3.8) is 0 Å². The van der Waals surface area contributed by atoms with Gasteiger partial charge in [-0.05, 0) is 24.5 Å². The average Bonchev–Trinajstić information content (AvgIpc) is 2.43. The summed E-state index contributed by atoms with van der Waals surface area (Å²) in [7, 11) is 0. The molecular formula is C16H20N2O2. The van der Waals surface area contributed by atoms with E-state index in [0.717, 1.165) is 6.42 Å². The van der Waals surface area contributed by atoms with Gasteiger partial charge in [-0.25, -0.2) is 9.78 Å². The molecule has 1 atom stereocenters. The maximum Gasteiger partial charge on any atom is 0.336 e. The molecule has 0 amide bonds. The molecule has 0 bridgehead atoms. The molecular weight excluding hydrogens is 252 g/mol. The fourth-order valence-electron chi connectivity index (χ4n) is 2.36. The highest BCUT2D eigenvalue weighted by molar-refractivity contribution is 6.03. The van der Waals surface area contributed by atoms with Gasteiger partial charge in [0.05, 0.1) is 11.1 Å². The van der Waals surface area contributed by atoms with E-state index in [1.165, 1.54) is 0 Å². The number of rotatable bonds is 5. The number of nitrogens with one attached hydrogen (secondary N) is 1. The van der Waals surface area contributed by atoms with E-state index in [-0.39, 0.29) is 11.6 Å². The van der Waals surface area contributed by atoms with E-state index >= 15 is 0 Å². The highest BCUT2D eigenvalue weighted by Crippen LogP contribution is 2.22. The molecule has 0 aliphatic rings. The number of anilines is 1. The summed E-state index contributed by atoms with van der Waals surface area (Å²) in [5.74, 6) is 0.160. The molecule has 2 aromatic rings. The van der Waals surface area contributed by atoms with Crippen molar-refractivity contribution in [2.75, 3.05) is 5.32 Å². The van der Waals surface area contributed by atoms with Crippen LogP contribution >= 0.6 is 0 Å². The summed E-state index contributed by atoms with van der Waals surface area (Å²) < 4.78 is 0. The van der Waals surface area contributed by atoms with Crippen LogP contribution in [0.4, 0.5) is 5.82 Å². The molecule has 0 fully saturated rings. The van der Waals surface area contributed by atoms with Crippen molar-refractivity contribution in [1.29, 1.82) is 0 Å². The molecule has 20 heavy (non-hydrogen) atoms. The minimum absolute atomic E-state index is 0.283. The van der Waals surface area contributed by atoms with E-state index in [0.29, 0.717) is 22.6 Å². The first-order valence-electron chi connectivity index (χ1n) is 6.92. The van der Waals surface area contributed by atoms with Gasteiger partial charge in [0.2, 0.25) is 0 Å². The molecule has 4 nitrogen and oxygen atoms in total. The number of benzene rings is 1. The molecule has 2 rings (SSSR count). The normalized spacial score (nSPS) is 12.6. The quantitative estimate of drug-likeness (QED) is 0.869. The topological polar surface area (TPSA) is 62.2 Å². The third-order valence-corrected chi connectivity index (χ3v) is 3.52.